The number of nitrogens with zero attached hydrogens (tertiary/aromatic N) is 2. The summed E-state index contributed by atoms with van der Waals surface area (Å²) in [4.78, 5) is 36.7. The van der Waals surface area contributed by atoms with Gasteiger partial charge in [0.1, 0.15) is 6.04 Å². The van der Waals surface area contributed by atoms with E-state index < -0.39 is 17.0 Å². The Labute approximate surface area is 150 Å². The van der Waals surface area contributed by atoms with Gasteiger partial charge in [-0.1, -0.05) is 0 Å². The number of amides is 2. The van der Waals surface area contributed by atoms with Gasteiger partial charge in [-0.25, -0.2) is 0 Å². The van der Waals surface area contributed by atoms with E-state index in [1.807, 2.05) is 6.26 Å². The minimum absolute atomic E-state index is 0.0459. The molecule has 1 saturated heterocycles. The van der Waals surface area contributed by atoms with Crippen LogP contribution in [0.15, 0.2) is 24.3 Å². The lowest BCUT2D eigenvalue weighted by molar-refractivity contribution is -0.384. The maximum atomic E-state index is 12.5. The van der Waals surface area contributed by atoms with Crippen molar-refractivity contribution in [1.29, 1.82) is 0 Å². The smallest absolute Gasteiger partial charge is 0.269 e. The summed E-state index contributed by atoms with van der Waals surface area (Å²) >= 11 is 1.62. The van der Waals surface area contributed by atoms with Crippen LogP contribution in [0.3, 0.4) is 0 Å². The molecule has 3 N–H and O–H groups in total. The monoisotopic (exact) mass is 366 g/mol. The Balaban J connectivity index is 1.99. The van der Waals surface area contributed by atoms with Gasteiger partial charge < -0.3 is 16.0 Å². The van der Waals surface area contributed by atoms with Crippen LogP contribution in [-0.4, -0.2) is 52.3 Å². The maximum absolute atomic E-state index is 12.5. The molecule has 0 spiro atoms. The zero-order valence-electron chi connectivity index (χ0n) is 14.0. The van der Waals surface area contributed by atoms with Gasteiger partial charge in [-0.2, -0.15) is 11.8 Å². The Bertz CT molecular complexity index is 638. The fourth-order valence-corrected chi connectivity index (χ4v) is 3.27. The van der Waals surface area contributed by atoms with Crippen LogP contribution in [0, 0.1) is 10.1 Å². The molecule has 1 aliphatic heterocycles. The predicted molar refractivity (Wildman–Crippen MR) is 97.4 cm³/mol. The third kappa shape index (κ3) is 4.93. The molecule has 0 bridgehead atoms. The van der Waals surface area contributed by atoms with Gasteiger partial charge in [0.15, 0.2) is 0 Å². The Morgan fingerprint density at radius 3 is 2.72 bits per heavy atom. The minimum Gasteiger partial charge on any atom is -0.329 e. The Hall–Kier alpha value is -2.13. The topological polar surface area (TPSA) is 119 Å². The molecular weight excluding hydrogens is 344 g/mol. The lowest BCUT2D eigenvalue weighted by Gasteiger charge is -2.26. The number of thioether (sulfide) groups is 1. The number of rotatable bonds is 7. The number of nitrogens with two attached hydrogens (primary N) is 1. The van der Waals surface area contributed by atoms with E-state index in [1.54, 1.807) is 16.7 Å². The van der Waals surface area contributed by atoms with Crippen molar-refractivity contribution in [3.8, 4) is 0 Å². The molecular formula is C16H22N4O4S. The summed E-state index contributed by atoms with van der Waals surface area (Å²) < 4.78 is 0. The third-order valence-electron chi connectivity index (χ3n) is 4.13. The lowest BCUT2D eigenvalue weighted by atomic mass is 10.1. The second kappa shape index (κ2) is 8.82. The summed E-state index contributed by atoms with van der Waals surface area (Å²) in [6, 6.07) is 4.45. The molecule has 9 heteroatoms. The SMILES string of the molecule is CSCC[C@H](N)C(=O)N1CCCC1C(=O)Nc1ccc([N+](=O)[O-])cc1. The molecule has 0 aromatic heterocycles. The van der Waals surface area contributed by atoms with Crippen LogP contribution < -0.4 is 11.1 Å². The summed E-state index contributed by atoms with van der Waals surface area (Å²) in [5.41, 5.74) is 6.36. The summed E-state index contributed by atoms with van der Waals surface area (Å²) in [5, 5.41) is 13.4. The van der Waals surface area contributed by atoms with Gasteiger partial charge in [-0.15, -0.1) is 0 Å². The molecule has 1 aliphatic rings. The predicted octanol–water partition coefficient (Wildman–Crippen LogP) is 1.60. The second-order valence-corrected chi connectivity index (χ2v) is 6.86. The van der Waals surface area contributed by atoms with Crippen LogP contribution in [0.4, 0.5) is 11.4 Å². The van der Waals surface area contributed by atoms with E-state index in [2.05, 4.69) is 5.32 Å². The molecule has 1 aromatic rings. The highest BCUT2D eigenvalue weighted by molar-refractivity contribution is 7.98. The van der Waals surface area contributed by atoms with E-state index in [0.29, 0.717) is 25.1 Å². The van der Waals surface area contributed by atoms with E-state index in [9.17, 15) is 19.7 Å². The standard InChI is InChI=1S/C16H22N4O4S/c1-25-10-8-13(17)16(22)19-9-2-3-14(19)15(21)18-11-4-6-12(7-5-11)20(23)24/h4-7,13-14H,2-3,8-10,17H2,1H3,(H,18,21)/t13-,14?/m0/s1. The average molecular weight is 366 g/mol. The lowest BCUT2D eigenvalue weighted by Crippen LogP contribution is -2.49. The number of benzene rings is 1. The Morgan fingerprint density at radius 2 is 2.12 bits per heavy atom. The zero-order chi connectivity index (χ0) is 18.4. The van der Waals surface area contributed by atoms with Gasteiger partial charge >= 0.3 is 0 Å². The maximum Gasteiger partial charge on any atom is 0.269 e. The number of hydrogen-bond donors (Lipinski definition) is 2. The van der Waals surface area contributed by atoms with Crippen LogP contribution in [-0.2, 0) is 9.59 Å². The highest BCUT2D eigenvalue weighted by Gasteiger charge is 2.36. The average Bonchev–Trinajstić information content (AvgIpc) is 3.09. The molecule has 25 heavy (non-hydrogen) atoms. The quantitative estimate of drug-likeness (QED) is 0.559. The van der Waals surface area contributed by atoms with Crippen LogP contribution in [0.2, 0.25) is 0 Å². The zero-order valence-corrected chi connectivity index (χ0v) is 14.8. The molecule has 0 aliphatic carbocycles. The molecule has 1 aromatic carbocycles. The largest absolute Gasteiger partial charge is 0.329 e. The molecule has 2 atom stereocenters. The summed E-state index contributed by atoms with van der Waals surface area (Å²) in [6.45, 7) is 0.518. The van der Waals surface area contributed by atoms with Crippen molar-refractivity contribution in [2.45, 2.75) is 31.3 Å². The van der Waals surface area contributed by atoms with Crippen molar-refractivity contribution in [3.63, 3.8) is 0 Å². The number of carbonyl (C=O) groups excluding carboxylic acids is 2. The molecule has 1 fully saturated rings. The van der Waals surface area contributed by atoms with Gasteiger partial charge in [0.25, 0.3) is 5.69 Å². The van der Waals surface area contributed by atoms with Crippen LogP contribution in [0.25, 0.3) is 0 Å². The first-order chi connectivity index (χ1) is 11.9. The van der Waals surface area contributed by atoms with Crippen LogP contribution in [0.5, 0.6) is 0 Å². The molecule has 0 radical (unpaired) electrons. The first-order valence-electron chi connectivity index (χ1n) is 8.04. The van der Waals surface area contributed by atoms with Crippen LogP contribution >= 0.6 is 11.8 Å². The Morgan fingerprint density at radius 1 is 1.44 bits per heavy atom. The van der Waals surface area contributed by atoms with Gasteiger partial charge in [0.2, 0.25) is 11.8 Å². The summed E-state index contributed by atoms with van der Waals surface area (Å²) in [7, 11) is 0. The van der Waals surface area contributed by atoms with E-state index >= 15 is 0 Å². The fourth-order valence-electron chi connectivity index (χ4n) is 2.78. The number of anilines is 1. The van der Waals surface area contributed by atoms with Gasteiger partial charge in [-0.05, 0) is 43.4 Å². The fraction of sp³-hybridized carbons (Fsp3) is 0.500. The first-order valence-corrected chi connectivity index (χ1v) is 9.43. The van der Waals surface area contributed by atoms with Gasteiger partial charge in [0.05, 0.1) is 11.0 Å². The molecule has 1 unspecified atom stereocenters. The van der Waals surface area contributed by atoms with Crippen molar-refractivity contribution in [3.05, 3.63) is 34.4 Å². The molecule has 2 amide bonds. The number of non-ortho nitro benzene ring substituents is 1. The molecule has 136 valence electrons. The molecule has 2 rings (SSSR count). The molecule has 0 saturated carbocycles. The van der Waals surface area contributed by atoms with E-state index in [1.165, 1.54) is 24.3 Å². The number of likely N-dealkylation sites (tertiary alicyclic amines) is 1. The number of carbonyl (C=O) groups is 2. The van der Waals surface area contributed by atoms with E-state index in [-0.39, 0.29) is 17.5 Å². The highest BCUT2D eigenvalue weighted by atomic mass is 32.2. The van der Waals surface area contributed by atoms with Crippen molar-refractivity contribution < 1.29 is 14.5 Å². The number of nitrogens with one attached hydrogen (secondary N) is 1. The summed E-state index contributed by atoms with van der Waals surface area (Å²) in [6.07, 6.45) is 3.86. The van der Waals surface area contributed by atoms with Crippen LogP contribution in [0.1, 0.15) is 19.3 Å². The number of nitro groups is 1. The van der Waals surface area contributed by atoms with Crippen molar-refractivity contribution in [1.82, 2.24) is 4.90 Å². The highest BCUT2D eigenvalue weighted by Crippen LogP contribution is 2.22. The van der Waals surface area contributed by atoms with E-state index in [0.717, 1.165) is 12.2 Å². The first kappa shape index (κ1) is 19.2. The molecule has 1 heterocycles. The number of nitro benzene ring substituents is 1. The van der Waals surface area contributed by atoms with Crippen molar-refractivity contribution >= 4 is 35.0 Å². The van der Waals surface area contributed by atoms with Crippen molar-refractivity contribution in [2.24, 2.45) is 5.73 Å². The van der Waals surface area contributed by atoms with Crippen molar-refractivity contribution in [2.75, 3.05) is 23.9 Å². The third-order valence-corrected chi connectivity index (χ3v) is 4.78. The number of hydrogen-bond acceptors (Lipinski definition) is 6. The Kier molecular flexibility index (Phi) is 6.77. The molecule has 8 nitrogen and oxygen atoms in total. The normalized spacial score (nSPS) is 18.0. The summed E-state index contributed by atoms with van der Waals surface area (Å²) in [5.74, 6) is 0.299. The van der Waals surface area contributed by atoms with Gasteiger partial charge in [0, 0.05) is 24.4 Å². The minimum atomic E-state index is -0.597. The second-order valence-electron chi connectivity index (χ2n) is 5.87. The van der Waals surface area contributed by atoms with E-state index in [4.69, 9.17) is 5.73 Å². The van der Waals surface area contributed by atoms with Gasteiger partial charge in [-0.3, -0.25) is 19.7 Å².